The van der Waals surface area contributed by atoms with Crippen molar-refractivity contribution in [1.29, 1.82) is 0 Å². The Labute approximate surface area is 90.7 Å². The number of carbonyl (C=O) groups is 1. The van der Waals surface area contributed by atoms with Crippen LogP contribution in [0, 0.1) is 0 Å². The van der Waals surface area contributed by atoms with E-state index in [0.29, 0.717) is 19.5 Å². The van der Waals surface area contributed by atoms with Crippen LogP contribution in [-0.2, 0) is 4.79 Å². The minimum absolute atomic E-state index is 0.0665. The summed E-state index contributed by atoms with van der Waals surface area (Å²) >= 11 is 0. The van der Waals surface area contributed by atoms with Crippen molar-refractivity contribution in [2.45, 2.75) is 19.3 Å². The van der Waals surface area contributed by atoms with Crippen LogP contribution in [0.15, 0.2) is 30.3 Å². The lowest BCUT2D eigenvalue weighted by Gasteiger charge is -2.11. The van der Waals surface area contributed by atoms with E-state index >= 15 is 0 Å². The van der Waals surface area contributed by atoms with Crippen LogP contribution in [0.1, 0.15) is 24.8 Å². The van der Waals surface area contributed by atoms with Gasteiger partial charge in [-0.3, -0.25) is 4.79 Å². The van der Waals surface area contributed by atoms with Crippen molar-refractivity contribution < 1.29 is 4.79 Å². The van der Waals surface area contributed by atoms with Gasteiger partial charge in [0.15, 0.2) is 0 Å². The largest absolute Gasteiger partial charge is 0.355 e. The predicted octanol–water partition coefficient (Wildman–Crippen LogP) is 1.26. The van der Waals surface area contributed by atoms with Crippen molar-refractivity contribution in [2.75, 3.05) is 13.1 Å². The van der Waals surface area contributed by atoms with Crippen LogP contribution in [0.4, 0.5) is 0 Å². The van der Waals surface area contributed by atoms with Crippen LogP contribution in [-0.4, -0.2) is 19.0 Å². The third kappa shape index (κ3) is 4.13. The molecule has 0 fully saturated rings. The molecular weight excluding hydrogens is 188 g/mol. The van der Waals surface area contributed by atoms with Crippen LogP contribution < -0.4 is 11.1 Å². The molecule has 1 atom stereocenters. The average Bonchev–Trinajstić information content (AvgIpc) is 2.27. The van der Waals surface area contributed by atoms with Gasteiger partial charge in [0.25, 0.3) is 0 Å². The first-order valence-electron chi connectivity index (χ1n) is 5.25. The van der Waals surface area contributed by atoms with Gasteiger partial charge in [0.2, 0.25) is 5.91 Å². The van der Waals surface area contributed by atoms with Crippen LogP contribution in [0.25, 0.3) is 0 Å². The summed E-state index contributed by atoms with van der Waals surface area (Å²) in [5.74, 6) is 0.320. The Kier molecular flexibility index (Phi) is 4.84. The van der Waals surface area contributed by atoms with Crippen molar-refractivity contribution in [3.05, 3.63) is 35.9 Å². The monoisotopic (exact) mass is 206 g/mol. The molecule has 0 radical (unpaired) electrons. The van der Waals surface area contributed by atoms with E-state index in [0.717, 1.165) is 0 Å². The second-order valence-corrected chi connectivity index (χ2v) is 3.65. The van der Waals surface area contributed by atoms with Gasteiger partial charge in [-0.15, -0.1) is 0 Å². The number of hydrogen-bond donors (Lipinski definition) is 2. The maximum atomic E-state index is 11.4. The van der Waals surface area contributed by atoms with Crippen LogP contribution in [0.5, 0.6) is 0 Å². The molecule has 82 valence electrons. The third-order valence-electron chi connectivity index (χ3n) is 2.33. The zero-order valence-electron chi connectivity index (χ0n) is 9.07. The Morgan fingerprint density at radius 2 is 2.07 bits per heavy atom. The van der Waals surface area contributed by atoms with E-state index < -0.39 is 0 Å². The van der Waals surface area contributed by atoms with Gasteiger partial charge in [-0.2, -0.15) is 0 Å². The topological polar surface area (TPSA) is 55.1 Å². The minimum Gasteiger partial charge on any atom is -0.355 e. The first-order valence-corrected chi connectivity index (χ1v) is 5.25. The van der Waals surface area contributed by atoms with Gasteiger partial charge < -0.3 is 11.1 Å². The molecule has 3 nitrogen and oxygen atoms in total. The fraction of sp³-hybridized carbons (Fsp3) is 0.417. The van der Waals surface area contributed by atoms with Gasteiger partial charge in [0, 0.05) is 19.5 Å². The highest BCUT2D eigenvalue weighted by molar-refractivity contribution is 5.76. The van der Waals surface area contributed by atoms with E-state index in [1.807, 2.05) is 30.3 Å². The number of benzene rings is 1. The number of hydrogen-bond acceptors (Lipinski definition) is 2. The Morgan fingerprint density at radius 3 is 2.67 bits per heavy atom. The first kappa shape index (κ1) is 11.7. The molecule has 1 unspecified atom stereocenters. The zero-order valence-corrected chi connectivity index (χ0v) is 9.07. The van der Waals surface area contributed by atoms with Gasteiger partial charge in [-0.25, -0.2) is 0 Å². The lowest BCUT2D eigenvalue weighted by molar-refractivity contribution is -0.121. The lowest BCUT2D eigenvalue weighted by Crippen LogP contribution is -2.29. The first-order chi connectivity index (χ1) is 7.24. The molecule has 3 N–H and O–H groups in total. The second-order valence-electron chi connectivity index (χ2n) is 3.65. The molecular formula is C12H18N2O. The van der Waals surface area contributed by atoms with Crippen molar-refractivity contribution in [1.82, 2.24) is 5.32 Å². The van der Waals surface area contributed by atoms with Gasteiger partial charge in [0.1, 0.15) is 0 Å². The van der Waals surface area contributed by atoms with Crippen LogP contribution in [0.2, 0.25) is 0 Å². The van der Waals surface area contributed by atoms with E-state index in [4.69, 9.17) is 5.73 Å². The Morgan fingerprint density at radius 1 is 1.40 bits per heavy atom. The molecule has 0 aliphatic rings. The summed E-state index contributed by atoms with van der Waals surface area (Å²) in [7, 11) is 0. The Balaban J connectivity index is 2.42. The highest BCUT2D eigenvalue weighted by atomic mass is 16.1. The minimum atomic E-state index is 0.0665. The lowest BCUT2D eigenvalue weighted by atomic mass is 9.98. The molecule has 1 aromatic rings. The number of rotatable bonds is 5. The van der Waals surface area contributed by atoms with E-state index in [9.17, 15) is 4.79 Å². The van der Waals surface area contributed by atoms with Crippen LogP contribution >= 0.6 is 0 Å². The molecule has 0 spiro atoms. The number of amides is 1. The van der Waals surface area contributed by atoms with E-state index in [1.54, 1.807) is 0 Å². The highest BCUT2D eigenvalue weighted by Gasteiger charge is 2.09. The SMILES string of the molecule is CC(CC(=O)NCCN)c1ccccc1. The summed E-state index contributed by atoms with van der Waals surface area (Å²) in [6.45, 7) is 3.10. The molecule has 0 saturated carbocycles. The molecule has 0 heterocycles. The molecule has 3 heteroatoms. The fourth-order valence-electron chi connectivity index (χ4n) is 1.46. The highest BCUT2D eigenvalue weighted by Crippen LogP contribution is 2.17. The molecule has 1 amide bonds. The smallest absolute Gasteiger partial charge is 0.220 e. The fourth-order valence-corrected chi connectivity index (χ4v) is 1.46. The molecule has 0 aliphatic carbocycles. The molecule has 1 aromatic carbocycles. The van der Waals surface area contributed by atoms with Gasteiger partial charge in [0.05, 0.1) is 0 Å². The molecule has 0 aliphatic heterocycles. The molecule has 0 saturated heterocycles. The molecule has 15 heavy (non-hydrogen) atoms. The summed E-state index contributed by atoms with van der Waals surface area (Å²) in [6, 6.07) is 10.0. The predicted molar refractivity (Wildman–Crippen MR) is 61.5 cm³/mol. The number of nitrogens with two attached hydrogens (primary N) is 1. The summed E-state index contributed by atoms with van der Waals surface area (Å²) in [6.07, 6.45) is 0.518. The summed E-state index contributed by atoms with van der Waals surface area (Å²) in [5.41, 5.74) is 6.50. The van der Waals surface area contributed by atoms with Crippen molar-refractivity contribution in [2.24, 2.45) is 5.73 Å². The Bertz CT molecular complexity index is 298. The third-order valence-corrected chi connectivity index (χ3v) is 2.33. The van der Waals surface area contributed by atoms with Crippen molar-refractivity contribution in [3.63, 3.8) is 0 Å². The maximum absolute atomic E-state index is 11.4. The zero-order chi connectivity index (χ0) is 11.1. The van der Waals surface area contributed by atoms with Crippen LogP contribution in [0.3, 0.4) is 0 Å². The Hall–Kier alpha value is -1.35. The summed E-state index contributed by atoms with van der Waals surface area (Å²) in [4.78, 5) is 11.4. The summed E-state index contributed by atoms with van der Waals surface area (Å²) < 4.78 is 0. The quantitative estimate of drug-likeness (QED) is 0.762. The van der Waals surface area contributed by atoms with Crippen molar-refractivity contribution in [3.8, 4) is 0 Å². The molecule has 1 rings (SSSR count). The number of carbonyl (C=O) groups excluding carboxylic acids is 1. The van der Waals surface area contributed by atoms with Gasteiger partial charge in [-0.05, 0) is 11.5 Å². The standard InChI is InChI=1S/C12H18N2O/c1-10(9-12(15)14-8-7-13)11-5-3-2-4-6-11/h2-6,10H,7-9,13H2,1H3,(H,14,15). The van der Waals surface area contributed by atoms with Gasteiger partial charge >= 0.3 is 0 Å². The van der Waals surface area contributed by atoms with E-state index in [-0.39, 0.29) is 11.8 Å². The normalized spacial score (nSPS) is 12.1. The van der Waals surface area contributed by atoms with Crippen molar-refractivity contribution >= 4 is 5.91 Å². The summed E-state index contributed by atoms with van der Waals surface area (Å²) in [5, 5.41) is 2.77. The maximum Gasteiger partial charge on any atom is 0.220 e. The van der Waals surface area contributed by atoms with E-state index in [2.05, 4.69) is 12.2 Å². The second kappa shape index (κ2) is 6.19. The average molecular weight is 206 g/mol. The number of nitrogens with one attached hydrogen (secondary N) is 1. The van der Waals surface area contributed by atoms with Gasteiger partial charge in [-0.1, -0.05) is 37.3 Å². The van der Waals surface area contributed by atoms with E-state index in [1.165, 1.54) is 5.56 Å². The molecule has 0 bridgehead atoms. The molecule has 0 aromatic heterocycles.